The highest BCUT2D eigenvalue weighted by Gasteiger charge is 2.46. The van der Waals surface area contributed by atoms with Crippen LogP contribution in [0.4, 0.5) is 26.3 Å². The van der Waals surface area contributed by atoms with Crippen LogP contribution in [0, 0.1) is 0 Å². The van der Waals surface area contributed by atoms with Gasteiger partial charge in [0.1, 0.15) is 0 Å². The van der Waals surface area contributed by atoms with Gasteiger partial charge in [-0.05, 0) is 12.8 Å². The molecule has 0 fully saturated rings. The molecule has 0 saturated carbocycles. The largest absolute Gasteiger partial charge is 0.416 e. The average molecular weight is 216 g/mol. The summed E-state index contributed by atoms with van der Waals surface area (Å²) in [5.41, 5.74) is -3.15. The van der Waals surface area contributed by atoms with E-state index in [4.69, 9.17) is 0 Å². The van der Waals surface area contributed by atoms with Gasteiger partial charge in [-0.2, -0.15) is 26.3 Å². The van der Waals surface area contributed by atoms with Crippen molar-refractivity contribution in [3.8, 4) is 0 Å². The van der Waals surface area contributed by atoms with E-state index in [1.54, 1.807) is 0 Å². The van der Waals surface area contributed by atoms with E-state index in [-0.39, 0.29) is 12.8 Å². The van der Waals surface area contributed by atoms with Gasteiger partial charge in [0, 0.05) is 0 Å². The molecule has 0 aromatic heterocycles. The second-order valence-corrected chi connectivity index (χ2v) is 2.81. The molecule has 0 saturated heterocycles. The molecule has 0 spiro atoms. The molecule has 0 aliphatic heterocycles. The highest BCUT2D eigenvalue weighted by Crippen LogP contribution is 2.42. The van der Waals surface area contributed by atoms with Crippen molar-refractivity contribution in [1.29, 1.82) is 0 Å². The molecule has 1 rings (SSSR count). The van der Waals surface area contributed by atoms with E-state index in [1.807, 2.05) is 0 Å². The van der Waals surface area contributed by atoms with E-state index in [9.17, 15) is 26.3 Å². The van der Waals surface area contributed by atoms with E-state index in [2.05, 4.69) is 0 Å². The van der Waals surface area contributed by atoms with Gasteiger partial charge in [0.25, 0.3) is 0 Å². The highest BCUT2D eigenvalue weighted by atomic mass is 19.4. The monoisotopic (exact) mass is 216 g/mol. The quantitative estimate of drug-likeness (QED) is 0.541. The predicted molar refractivity (Wildman–Crippen MR) is 37.5 cm³/mol. The van der Waals surface area contributed by atoms with Crippen molar-refractivity contribution in [3.05, 3.63) is 23.3 Å². The third-order valence-corrected chi connectivity index (χ3v) is 1.76. The molecule has 0 N–H and O–H groups in total. The van der Waals surface area contributed by atoms with Crippen molar-refractivity contribution in [1.82, 2.24) is 0 Å². The lowest BCUT2D eigenvalue weighted by Crippen LogP contribution is -2.24. The number of alkyl halides is 6. The summed E-state index contributed by atoms with van der Waals surface area (Å²) < 4.78 is 72.7. The fraction of sp³-hybridized carbons (Fsp3) is 0.500. The topological polar surface area (TPSA) is 0 Å². The molecule has 14 heavy (non-hydrogen) atoms. The van der Waals surface area contributed by atoms with Gasteiger partial charge < -0.3 is 0 Å². The molecule has 1 aliphatic rings. The lowest BCUT2D eigenvalue weighted by atomic mass is 9.97. The summed E-state index contributed by atoms with van der Waals surface area (Å²) in [6.45, 7) is 0. The third kappa shape index (κ3) is 2.30. The molecule has 0 unspecified atom stereocenters. The number of hydrogen-bond donors (Lipinski definition) is 0. The second-order valence-electron chi connectivity index (χ2n) is 2.81. The van der Waals surface area contributed by atoms with Crippen LogP contribution in [0.3, 0.4) is 0 Å². The first-order chi connectivity index (χ1) is 6.23. The van der Waals surface area contributed by atoms with Crippen molar-refractivity contribution in [2.45, 2.75) is 25.2 Å². The van der Waals surface area contributed by atoms with Crippen molar-refractivity contribution in [2.24, 2.45) is 0 Å². The first-order valence-corrected chi connectivity index (χ1v) is 3.78. The summed E-state index contributed by atoms with van der Waals surface area (Å²) in [5.74, 6) is 0. The van der Waals surface area contributed by atoms with Gasteiger partial charge >= 0.3 is 12.4 Å². The number of allylic oxidation sites excluding steroid dienone is 4. The SMILES string of the molecule is FC(F)(F)C1=CCCC=C1C(F)(F)F. The summed E-state index contributed by atoms with van der Waals surface area (Å²) in [6.07, 6.45) is -8.70. The summed E-state index contributed by atoms with van der Waals surface area (Å²) in [5, 5.41) is 0. The summed E-state index contributed by atoms with van der Waals surface area (Å²) in [7, 11) is 0. The standard InChI is InChI=1S/C8H6F6/c9-7(10,11)5-3-1-2-4-6(5)8(12,13)14/h3-4H,1-2H2. The van der Waals surface area contributed by atoms with E-state index in [0.29, 0.717) is 12.2 Å². The lowest BCUT2D eigenvalue weighted by Gasteiger charge is -2.20. The molecule has 0 amide bonds. The number of halogens is 6. The Morgan fingerprint density at radius 2 is 1.00 bits per heavy atom. The summed E-state index contributed by atoms with van der Waals surface area (Å²) >= 11 is 0. The van der Waals surface area contributed by atoms with Crippen LogP contribution in [-0.4, -0.2) is 12.4 Å². The first kappa shape index (κ1) is 11.1. The molecule has 1 aliphatic carbocycles. The van der Waals surface area contributed by atoms with Crippen molar-refractivity contribution < 1.29 is 26.3 Å². The van der Waals surface area contributed by atoms with E-state index in [1.165, 1.54) is 0 Å². The molecular weight excluding hydrogens is 210 g/mol. The average Bonchev–Trinajstić information content (AvgIpc) is 2.01. The molecule has 6 heteroatoms. The van der Waals surface area contributed by atoms with Gasteiger partial charge in [0.2, 0.25) is 0 Å². The van der Waals surface area contributed by atoms with E-state index < -0.39 is 23.5 Å². The Hall–Kier alpha value is -0.940. The van der Waals surface area contributed by atoms with Gasteiger partial charge in [-0.15, -0.1) is 0 Å². The van der Waals surface area contributed by atoms with Gasteiger partial charge in [-0.1, -0.05) is 12.2 Å². The van der Waals surface area contributed by atoms with Crippen LogP contribution in [-0.2, 0) is 0 Å². The predicted octanol–water partition coefficient (Wildman–Crippen LogP) is 3.76. The van der Waals surface area contributed by atoms with E-state index in [0.717, 1.165) is 0 Å². The van der Waals surface area contributed by atoms with Crippen LogP contribution in [0.1, 0.15) is 12.8 Å². The van der Waals surface area contributed by atoms with Crippen molar-refractivity contribution in [2.75, 3.05) is 0 Å². The maximum atomic E-state index is 12.1. The Labute approximate surface area is 75.9 Å². The molecule has 0 atom stereocenters. The molecular formula is C8H6F6. The number of hydrogen-bond acceptors (Lipinski definition) is 0. The Morgan fingerprint density at radius 1 is 0.714 bits per heavy atom. The fourth-order valence-electron chi connectivity index (χ4n) is 1.21. The lowest BCUT2D eigenvalue weighted by molar-refractivity contribution is -0.118. The van der Waals surface area contributed by atoms with Crippen LogP contribution in [0.25, 0.3) is 0 Å². The minimum Gasteiger partial charge on any atom is -0.166 e. The molecule has 0 aromatic carbocycles. The zero-order valence-electron chi connectivity index (χ0n) is 6.84. The fourth-order valence-corrected chi connectivity index (χ4v) is 1.21. The third-order valence-electron chi connectivity index (χ3n) is 1.76. The summed E-state index contributed by atoms with van der Waals surface area (Å²) in [6, 6.07) is 0. The van der Waals surface area contributed by atoms with E-state index >= 15 is 0 Å². The van der Waals surface area contributed by atoms with Crippen LogP contribution < -0.4 is 0 Å². The Kier molecular flexibility index (Phi) is 2.65. The maximum absolute atomic E-state index is 12.1. The van der Waals surface area contributed by atoms with Gasteiger partial charge in [-0.25, -0.2) is 0 Å². The van der Waals surface area contributed by atoms with Crippen LogP contribution in [0.2, 0.25) is 0 Å². The number of rotatable bonds is 0. The summed E-state index contributed by atoms with van der Waals surface area (Å²) in [4.78, 5) is 0. The maximum Gasteiger partial charge on any atom is 0.416 e. The Bertz CT molecular complexity index is 247. The minimum absolute atomic E-state index is 0.00553. The zero-order valence-corrected chi connectivity index (χ0v) is 6.84. The molecule has 0 heterocycles. The molecule has 80 valence electrons. The Morgan fingerprint density at radius 3 is 1.21 bits per heavy atom. The first-order valence-electron chi connectivity index (χ1n) is 3.78. The van der Waals surface area contributed by atoms with Crippen LogP contribution in [0.5, 0.6) is 0 Å². The molecule has 0 aromatic rings. The molecule has 0 bridgehead atoms. The zero-order chi connectivity index (χ0) is 11.0. The van der Waals surface area contributed by atoms with Crippen LogP contribution >= 0.6 is 0 Å². The van der Waals surface area contributed by atoms with Crippen LogP contribution in [0.15, 0.2) is 23.3 Å². The van der Waals surface area contributed by atoms with Gasteiger partial charge in [-0.3, -0.25) is 0 Å². The van der Waals surface area contributed by atoms with Gasteiger partial charge in [0.15, 0.2) is 0 Å². The second kappa shape index (κ2) is 3.33. The minimum atomic E-state index is -4.93. The van der Waals surface area contributed by atoms with Gasteiger partial charge in [0.05, 0.1) is 11.1 Å². The smallest absolute Gasteiger partial charge is 0.166 e. The Balaban J connectivity index is 3.06. The van der Waals surface area contributed by atoms with Crippen molar-refractivity contribution >= 4 is 0 Å². The molecule has 0 radical (unpaired) electrons. The van der Waals surface area contributed by atoms with Crippen molar-refractivity contribution in [3.63, 3.8) is 0 Å². The highest BCUT2D eigenvalue weighted by molar-refractivity contribution is 5.40. The normalized spacial score (nSPS) is 19.0. The molecule has 0 nitrogen and oxygen atoms in total.